The zero-order valence-corrected chi connectivity index (χ0v) is 24.0. The third kappa shape index (κ3) is 7.27. The van der Waals surface area contributed by atoms with E-state index in [4.69, 9.17) is 23.2 Å². The van der Waals surface area contributed by atoms with Gasteiger partial charge in [-0.3, -0.25) is 9.59 Å². The van der Waals surface area contributed by atoms with Crippen molar-refractivity contribution in [2.75, 3.05) is 11.5 Å². The molecule has 0 saturated carbocycles. The van der Waals surface area contributed by atoms with Gasteiger partial charge in [0.15, 0.2) is 9.84 Å². The van der Waals surface area contributed by atoms with E-state index in [1.54, 1.807) is 30.0 Å². The molecule has 0 bridgehead atoms. The monoisotopic (exact) mass is 567 g/mol. The van der Waals surface area contributed by atoms with E-state index in [-0.39, 0.29) is 42.1 Å². The molecular formula is C28H35Cl2NO5S. The predicted molar refractivity (Wildman–Crippen MR) is 148 cm³/mol. The van der Waals surface area contributed by atoms with Gasteiger partial charge in [-0.25, -0.2) is 8.42 Å². The number of rotatable bonds is 10. The van der Waals surface area contributed by atoms with E-state index in [1.807, 2.05) is 51.1 Å². The molecule has 1 amide bonds. The van der Waals surface area contributed by atoms with Crippen LogP contribution in [0.1, 0.15) is 70.0 Å². The standard InChI is InChI=1S/C28H35Cl2NO5S/c1-18(2)17-37(35,36)13-12-19(3)31-26(20-8-10-22(29)11-9-20)24(21-6-5-7-23(30)14-21)15-28(4,27(31)34)16-25(32)33/h5-11,14,18-19,24,26H,12-13,15-17H2,1-4H3,(H,32,33)/t19-,24+,26+,28+/m0/s1. The van der Waals surface area contributed by atoms with Gasteiger partial charge >= 0.3 is 5.97 Å². The Kier molecular flexibility index (Phi) is 9.36. The minimum atomic E-state index is -3.31. The second kappa shape index (κ2) is 11.7. The molecule has 1 aliphatic heterocycles. The summed E-state index contributed by atoms with van der Waals surface area (Å²) in [6.07, 6.45) is 0.224. The number of benzene rings is 2. The van der Waals surface area contributed by atoms with Crippen LogP contribution in [0.4, 0.5) is 0 Å². The van der Waals surface area contributed by atoms with Crippen LogP contribution in [0.3, 0.4) is 0 Å². The number of halogens is 2. The van der Waals surface area contributed by atoms with E-state index >= 15 is 0 Å². The highest BCUT2D eigenvalue weighted by Gasteiger charge is 2.51. The lowest BCUT2D eigenvalue weighted by atomic mass is 9.67. The number of aliphatic carboxylic acids is 1. The van der Waals surface area contributed by atoms with Gasteiger partial charge in [0.2, 0.25) is 5.91 Å². The molecule has 202 valence electrons. The number of piperidine rings is 1. The SMILES string of the molecule is CC(C)CS(=O)(=O)CC[C@H](C)N1C(=O)[C@@](C)(CC(=O)O)C[C@H](c2cccc(Cl)c2)[C@H]1c1ccc(Cl)cc1. The van der Waals surface area contributed by atoms with Crippen molar-refractivity contribution in [2.24, 2.45) is 11.3 Å². The minimum absolute atomic E-state index is 0.00445. The molecule has 1 heterocycles. The quantitative estimate of drug-likeness (QED) is 0.359. The molecule has 1 aliphatic rings. The molecule has 9 heteroatoms. The van der Waals surface area contributed by atoms with Crippen molar-refractivity contribution >= 4 is 44.9 Å². The Morgan fingerprint density at radius 3 is 2.30 bits per heavy atom. The Bertz CT molecular complexity index is 1230. The summed E-state index contributed by atoms with van der Waals surface area (Å²) in [5.74, 6) is -1.59. The Morgan fingerprint density at radius 2 is 1.73 bits per heavy atom. The minimum Gasteiger partial charge on any atom is -0.481 e. The van der Waals surface area contributed by atoms with Gasteiger partial charge in [-0.15, -0.1) is 0 Å². The molecule has 1 saturated heterocycles. The van der Waals surface area contributed by atoms with Crippen LogP contribution < -0.4 is 0 Å². The van der Waals surface area contributed by atoms with Crippen molar-refractivity contribution in [3.63, 3.8) is 0 Å². The third-order valence-corrected chi connectivity index (χ3v) is 9.56. The molecule has 1 fully saturated rings. The molecule has 0 aliphatic carbocycles. The normalized spacial score (nSPS) is 23.3. The smallest absolute Gasteiger partial charge is 0.304 e. The average molecular weight is 569 g/mol. The van der Waals surface area contributed by atoms with Gasteiger partial charge in [0, 0.05) is 22.0 Å². The van der Waals surface area contributed by atoms with E-state index in [1.165, 1.54) is 0 Å². The number of carboxylic acid groups (broad SMARTS) is 1. The summed E-state index contributed by atoms with van der Waals surface area (Å²) in [7, 11) is -3.31. The molecule has 0 aromatic heterocycles. The summed E-state index contributed by atoms with van der Waals surface area (Å²) in [6.45, 7) is 7.25. The van der Waals surface area contributed by atoms with Crippen LogP contribution in [-0.4, -0.2) is 47.8 Å². The summed E-state index contributed by atoms with van der Waals surface area (Å²) in [6, 6.07) is 13.8. The summed E-state index contributed by atoms with van der Waals surface area (Å²) >= 11 is 12.5. The van der Waals surface area contributed by atoms with Crippen molar-refractivity contribution < 1.29 is 23.1 Å². The lowest BCUT2D eigenvalue weighted by Gasteiger charge is -2.51. The summed E-state index contributed by atoms with van der Waals surface area (Å²) in [4.78, 5) is 27.7. The van der Waals surface area contributed by atoms with Crippen molar-refractivity contribution in [2.45, 2.75) is 65.0 Å². The molecule has 6 nitrogen and oxygen atoms in total. The Balaban J connectivity index is 2.12. The van der Waals surface area contributed by atoms with Crippen molar-refractivity contribution in [1.29, 1.82) is 0 Å². The number of sulfone groups is 1. The zero-order valence-electron chi connectivity index (χ0n) is 21.7. The molecule has 0 unspecified atom stereocenters. The van der Waals surface area contributed by atoms with E-state index in [0.29, 0.717) is 16.5 Å². The molecule has 3 rings (SSSR count). The van der Waals surface area contributed by atoms with Gasteiger partial charge in [-0.2, -0.15) is 0 Å². The maximum absolute atomic E-state index is 14.1. The van der Waals surface area contributed by atoms with Crippen LogP contribution in [0.25, 0.3) is 0 Å². The average Bonchev–Trinajstić information content (AvgIpc) is 2.78. The first-order valence-corrected chi connectivity index (χ1v) is 15.1. The third-order valence-electron chi connectivity index (χ3n) is 7.04. The summed E-state index contributed by atoms with van der Waals surface area (Å²) < 4.78 is 25.4. The molecule has 0 radical (unpaired) electrons. The number of likely N-dealkylation sites (tertiary alicyclic amines) is 1. The molecular weight excluding hydrogens is 533 g/mol. The highest BCUT2D eigenvalue weighted by Crippen LogP contribution is 2.52. The van der Waals surface area contributed by atoms with Crippen LogP contribution in [-0.2, 0) is 19.4 Å². The number of amides is 1. The maximum atomic E-state index is 14.1. The van der Waals surface area contributed by atoms with E-state index in [0.717, 1.165) is 11.1 Å². The van der Waals surface area contributed by atoms with Gasteiger partial charge in [0.25, 0.3) is 0 Å². The van der Waals surface area contributed by atoms with Gasteiger partial charge in [0.1, 0.15) is 0 Å². The van der Waals surface area contributed by atoms with Gasteiger partial charge < -0.3 is 10.0 Å². The highest BCUT2D eigenvalue weighted by molar-refractivity contribution is 7.91. The van der Waals surface area contributed by atoms with Crippen molar-refractivity contribution in [3.8, 4) is 0 Å². The Labute approximate surface area is 229 Å². The van der Waals surface area contributed by atoms with Crippen LogP contribution in [0.5, 0.6) is 0 Å². The molecule has 4 atom stereocenters. The van der Waals surface area contributed by atoms with Gasteiger partial charge in [-0.05, 0) is 61.1 Å². The molecule has 1 N–H and O–H groups in total. The van der Waals surface area contributed by atoms with Gasteiger partial charge in [-0.1, -0.05) is 68.2 Å². The number of hydrogen-bond donors (Lipinski definition) is 1. The molecule has 2 aromatic rings. The number of carbonyl (C=O) groups is 2. The lowest BCUT2D eigenvalue weighted by Crippen LogP contribution is -2.55. The zero-order chi connectivity index (χ0) is 27.5. The fourth-order valence-corrected chi connectivity index (χ4v) is 7.65. The summed E-state index contributed by atoms with van der Waals surface area (Å²) in [5, 5.41) is 10.8. The molecule has 37 heavy (non-hydrogen) atoms. The fraction of sp³-hybridized carbons (Fsp3) is 0.500. The Hall–Kier alpha value is -2.09. The molecule has 2 aromatic carbocycles. The van der Waals surface area contributed by atoms with Gasteiger partial charge in [0.05, 0.1) is 29.4 Å². The Morgan fingerprint density at radius 1 is 1.08 bits per heavy atom. The topological polar surface area (TPSA) is 91.8 Å². The van der Waals surface area contributed by atoms with Crippen molar-refractivity contribution in [1.82, 2.24) is 4.90 Å². The largest absolute Gasteiger partial charge is 0.481 e. The van der Waals surface area contributed by atoms with E-state index in [9.17, 15) is 23.1 Å². The van der Waals surface area contributed by atoms with E-state index < -0.39 is 33.3 Å². The predicted octanol–water partition coefficient (Wildman–Crippen LogP) is 6.38. The number of nitrogens with zero attached hydrogens (tertiary/aromatic N) is 1. The first-order chi connectivity index (χ1) is 17.2. The second-order valence-electron chi connectivity index (χ2n) is 10.9. The number of carboxylic acids is 1. The maximum Gasteiger partial charge on any atom is 0.304 e. The van der Waals surface area contributed by atoms with Crippen molar-refractivity contribution in [3.05, 3.63) is 69.7 Å². The summed E-state index contributed by atoms with van der Waals surface area (Å²) in [5.41, 5.74) is 0.561. The van der Waals surface area contributed by atoms with E-state index in [2.05, 4.69) is 0 Å². The lowest BCUT2D eigenvalue weighted by molar-refractivity contribution is -0.160. The molecule has 0 spiro atoms. The fourth-order valence-electron chi connectivity index (χ4n) is 5.44. The number of hydrogen-bond acceptors (Lipinski definition) is 4. The van der Waals surface area contributed by atoms with Crippen LogP contribution in [0, 0.1) is 11.3 Å². The first kappa shape index (κ1) is 29.5. The first-order valence-electron chi connectivity index (χ1n) is 12.5. The highest BCUT2D eigenvalue weighted by atomic mass is 35.5. The van der Waals surface area contributed by atoms with Crippen LogP contribution in [0.15, 0.2) is 48.5 Å². The van der Waals surface area contributed by atoms with Crippen LogP contribution >= 0.6 is 23.2 Å². The van der Waals surface area contributed by atoms with Crippen LogP contribution in [0.2, 0.25) is 10.0 Å². The number of carbonyl (C=O) groups excluding carboxylic acids is 1. The second-order valence-corrected chi connectivity index (χ2v) is 14.0.